The molecule has 0 fully saturated rings. The molecule has 0 saturated heterocycles. The van der Waals surface area contributed by atoms with Crippen molar-refractivity contribution in [1.82, 2.24) is 4.98 Å². The van der Waals surface area contributed by atoms with Gasteiger partial charge in [0.2, 0.25) is 0 Å². The second-order valence-corrected chi connectivity index (χ2v) is 4.15. The molecule has 0 saturated carbocycles. The van der Waals surface area contributed by atoms with Crippen molar-refractivity contribution in [2.75, 3.05) is 0 Å². The van der Waals surface area contributed by atoms with E-state index < -0.39 is 5.92 Å². The zero-order valence-corrected chi connectivity index (χ0v) is 10.1. The molecule has 0 aliphatic heterocycles. The molecule has 0 spiro atoms. The third kappa shape index (κ3) is 2.55. The quantitative estimate of drug-likeness (QED) is 0.793. The van der Waals surface area contributed by atoms with Crippen LogP contribution in [0.1, 0.15) is 21.8 Å². The van der Waals surface area contributed by atoms with E-state index in [0.29, 0.717) is 16.1 Å². The molecule has 0 radical (unpaired) electrons. The number of hydrogen-bond donors (Lipinski definition) is 0. The van der Waals surface area contributed by atoms with Crippen LogP contribution in [0.15, 0.2) is 48.8 Å². The summed E-state index contributed by atoms with van der Waals surface area (Å²) in [6.07, 6.45) is 3.05. The SMILES string of the molecule is N#CC(C(=O)c1ccncc1)c1cccc(Cl)c1. The second-order valence-electron chi connectivity index (χ2n) is 3.72. The van der Waals surface area contributed by atoms with E-state index in [-0.39, 0.29) is 5.78 Å². The van der Waals surface area contributed by atoms with Crippen molar-refractivity contribution >= 4 is 17.4 Å². The van der Waals surface area contributed by atoms with Gasteiger partial charge >= 0.3 is 0 Å². The highest BCUT2D eigenvalue weighted by Crippen LogP contribution is 2.22. The number of ketones is 1. The highest BCUT2D eigenvalue weighted by molar-refractivity contribution is 6.30. The fraction of sp³-hybridized carbons (Fsp3) is 0.0714. The molecule has 88 valence electrons. The van der Waals surface area contributed by atoms with Crippen molar-refractivity contribution in [2.24, 2.45) is 0 Å². The van der Waals surface area contributed by atoms with Gasteiger partial charge in [0, 0.05) is 23.0 Å². The standard InChI is InChI=1S/C14H9ClN2O/c15-12-3-1-2-11(8-12)13(9-16)14(18)10-4-6-17-7-5-10/h1-8,13H. The molecule has 1 heterocycles. The fourth-order valence-corrected chi connectivity index (χ4v) is 1.85. The van der Waals surface area contributed by atoms with Crippen LogP contribution >= 0.6 is 11.6 Å². The van der Waals surface area contributed by atoms with E-state index in [1.54, 1.807) is 36.4 Å². The Kier molecular flexibility index (Phi) is 3.71. The summed E-state index contributed by atoms with van der Waals surface area (Å²) in [7, 11) is 0. The van der Waals surface area contributed by atoms with Crippen LogP contribution in [-0.2, 0) is 0 Å². The number of carbonyl (C=O) groups excluding carboxylic acids is 1. The minimum Gasteiger partial charge on any atom is -0.292 e. The van der Waals surface area contributed by atoms with Gasteiger partial charge in [-0.2, -0.15) is 5.26 Å². The third-order valence-corrected chi connectivity index (χ3v) is 2.77. The summed E-state index contributed by atoms with van der Waals surface area (Å²) in [6, 6.07) is 12.0. The maximum absolute atomic E-state index is 12.2. The van der Waals surface area contributed by atoms with Crippen LogP contribution in [-0.4, -0.2) is 10.8 Å². The van der Waals surface area contributed by atoms with Crippen LogP contribution in [0.5, 0.6) is 0 Å². The molecule has 2 rings (SSSR count). The van der Waals surface area contributed by atoms with Crippen LogP contribution in [0.4, 0.5) is 0 Å². The number of Topliss-reactive ketones (excluding diaryl/α,β-unsaturated/α-hetero) is 1. The van der Waals surface area contributed by atoms with E-state index in [1.165, 1.54) is 12.4 Å². The average Bonchev–Trinajstić information content (AvgIpc) is 2.40. The molecule has 0 N–H and O–H groups in total. The molecule has 0 aliphatic carbocycles. The molecule has 3 nitrogen and oxygen atoms in total. The van der Waals surface area contributed by atoms with Gasteiger partial charge in [-0.05, 0) is 29.8 Å². The van der Waals surface area contributed by atoms with Crippen molar-refractivity contribution in [3.8, 4) is 6.07 Å². The molecule has 1 atom stereocenters. The van der Waals surface area contributed by atoms with Crippen LogP contribution < -0.4 is 0 Å². The topological polar surface area (TPSA) is 53.8 Å². The number of nitrogens with zero attached hydrogens (tertiary/aromatic N) is 2. The van der Waals surface area contributed by atoms with E-state index >= 15 is 0 Å². The van der Waals surface area contributed by atoms with Gasteiger partial charge in [-0.1, -0.05) is 23.7 Å². The van der Waals surface area contributed by atoms with E-state index in [0.717, 1.165) is 0 Å². The minimum atomic E-state index is -0.842. The van der Waals surface area contributed by atoms with E-state index in [1.807, 2.05) is 6.07 Å². The van der Waals surface area contributed by atoms with Gasteiger partial charge < -0.3 is 0 Å². The Balaban J connectivity index is 2.36. The smallest absolute Gasteiger partial charge is 0.184 e. The molecular weight excluding hydrogens is 248 g/mol. The lowest BCUT2D eigenvalue weighted by Gasteiger charge is -2.08. The summed E-state index contributed by atoms with van der Waals surface area (Å²) >= 11 is 5.87. The molecule has 0 bridgehead atoms. The van der Waals surface area contributed by atoms with Gasteiger partial charge in [-0.3, -0.25) is 9.78 Å². The van der Waals surface area contributed by atoms with E-state index in [2.05, 4.69) is 4.98 Å². The summed E-state index contributed by atoms with van der Waals surface area (Å²) in [5.41, 5.74) is 1.07. The molecular formula is C14H9ClN2O. The van der Waals surface area contributed by atoms with Crippen molar-refractivity contribution < 1.29 is 4.79 Å². The number of carbonyl (C=O) groups is 1. The zero-order valence-electron chi connectivity index (χ0n) is 9.38. The fourth-order valence-electron chi connectivity index (χ4n) is 1.65. The first kappa shape index (κ1) is 12.3. The maximum atomic E-state index is 12.2. The van der Waals surface area contributed by atoms with Crippen LogP contribution in [0.25, 0.3) is 0 Å². The lowest BCUT2D eigenvalue weighted by molar-refractivity contribution is 0.0979. The molecule has 1 aromatic heterocycles. The summed E-state index contributed by atoms with van der Waals surface area (Å²) in [5, 5.41) is 9.68. The number of benzene rings is 1. The van der Waals surface area contributed by atoms with Crippen LogP contribution in [0.3, 0.4) is 0 Å². The Hall–Kier alpha value is -2.18. The van der Waals surface area contributed by atoms with Gasteiger partial charge in [0.15, 0.2) is 5.78 Å². The Bertz CT molecular complexity index is 605. The van der Waals surface area contributed by atoms with Gasteiger partial charge in [0.25, 0.3) is 0 Å². The maximum Gasteiger partial charge on any atom is 0.184 e. The van der Waals surface area contributed by atoms with Crippen molar-refractivity contribution in [1.29, 1.82) is 5.26 Å². The highest BCUT2D eigenvalue weighted by atomic mass is 35.5. The summed E-state index contributed by atoms with van der Waals surface area (Å²) in [5.74, 6) is -1.09. The van der Waals surface area contributed by atoms with Crippen molar-refractivity contribution in [2.45, 2.75) is 5.92 Å². The molecule has 4 heteroatoms. The molecule has 1 aromatic carbocycles. The number of pyridine rings is 1. The Morgan fingerprint density at radius 3 is 2.61 bits per heavy atom. The molecule has 1 unspecified atom stereocenters. The number of halogens is 1. The largest absolute Gasteiger partial charge is 0.292 e. The van der Waals surface area contributed by atoms with Crippen LogP contribution in [0.2, 0.25) is 5.02 Å². The van der Waals surface area contributed by atoms with Crippen molar-refractivity contribution in [3.05, 3.63) is 64.9 Å². The van der Waals surface area contributed by atoms with Gasteiger partial charge in [0.1, 0.15) is 5.92 Å². The van der Waals surface area contributed by atoms with Gasteiger partial charge in [0.05, 0.1) is 6.07 Å². The first-order valence-electron chi connectivity index (χ1n) is 5.31. The summed E-state index contributed by atoms with van der Waals surface area (Å²) in [6.45, 7) is 0. The Morgan fingerprint density at radius 1 is 1.28 bits per heavy atom. The van der Waals surface area contributed by atoms with Gasteiger partial charge in [-0.25, -0.2) is 0 Å². The first-order chi connectivity index (χ1) is 8.72. The lowest BCUT2D eigenvalue weighted by Crippen LogP contribution is -2.11. The predicted octanol–water partition coefficient (Wildman–Crippen LogP) is 3.23. The van der Waals surface area contributed by atoms with E-state index in [4.69, 9.17) is 11.6 Å². The normalized spacial score (nSPS) is 11.6. The lowest BCUT2D eigenvalue weighted by atomic mass is 9.92. The highest BCUT2D eigenvalue weighted by Gasteiger charge is 2.21. The molecule has 0 aliphatic rings. The second kappa shape index (κ2) is 5.44. The van der Waals surface area contributed by atoms with Crippen LogP contribution in [0, 0.1) is 11.3 Å². The van der Waals surface area contributed by atoms with Crippen molar-refractivity contribution in [3.63, 3.8) is 0 Å². The third-order valence-electron chi connectivity index (χ3n) is 2.54. The monoisotopic (exact) mass is 256 g/mol. The molecule has 18 heavy (non-hydrogen) atoms. The van der Waals surface area contributed by atoms with E-state index in [9.17, 15) is 10.1 Å². The summed E-state index contributed by atoms with van der Waals surface area (Å²) in [4.78, 5) is 16.0. The summed E-state index contributed by atoms with van der Waals surface area (Å²) < 4.78 is 0. The molecule has 2 aromatic rings. The average molecular weight is 257 g/mol. The zero-order chi connectivity index (χ0) is 13.0. The predicted molar refractivity (Wildman–Crippen MR) is 68.4 cm³/mol. The minimum absolute atomic E-state index is 0.248. The molecule has 0 amide bonds. The number of aromatic nitrogens is 1. The Morgan fingerprint density at radius 2 is 2.00 bits per heavy atom. The number of rotatable bonds is 3. The Labute approximate surface area is 110 Å². The number of nitriles is 1. The number of hydrogen-bond acceptors (Lipinski definition) is 3. The van der Waals surface area contributed by atoms with Gasteiger partial charge in [-0.15, -0.1) is 0 Å². The first-order valence-corrected chi connectivity index (χ1v) is 5.69.